The molecule has 0 spiro atoms. The van der Waals surface area contributed by atoms with E-state index < -0.39 is 0 Å². The molecule has 0 saturated heterocycles. The lowest BCUT2D eigenvalue weighted by Crippen LogP contribution is -1.89. The van der Waals surface area contributed by atoms with Crippen LogP contribution in [0.3, 0.4) is 0 Å². The predicted octanol–water partition coefficient (Wildman–Crippen LogP) is 3.54. The van der Waals surface area contributed by atoms with Crippen molar-refractivity contribution in [2.75, 3.05) is 5.73 Å². The molecule has 2 N–H and O–H groups in total. The first kappa shape index (κ1) is 9.52. The van der Waals surface area contributed by atoms with Crippen molar-refractivity contribution in [2.45, 2.75) is 0 Å². The summed E-state index contributed by atoms with van der Waals surface area (Å²) >= 11 is 2.30. The van der Waals surface area contributed by atoms with Gasteiger partial charge in [0, 0.05) is 14.8 Å². The van der Waals surface area contributed by atoms with Gasteiger partial charge in [-0.25, -0.2) is 0 Å². The van der Waals surface area contributed by atoms with Crippen molar-refractivity contribution in [2.24, 2.45) is 0 Å². The predicted molar refractivity (Wildman–Crippen MR) is 69.0 cm³/mol. The lowest BCUT2D eigenvalue weighted by atomic mass is 10.0. The summed E-state index contributed by atoms with van der Waals surface area (Å²) in [6.07, 6.45) is 0. The van der Waals surface area contributed by atoms with E-state index in [1.807, 2.05) is 30.3 Å². The lowest BCUT2D eigenvalue weighted by Gasteiger charge is -2.05. The summed E-state index contributed by atoms with van der Waals surface area (Å²) < 4.78 is 1.23. The molecule has 70 valence electrons. The van der Waals surface area contributed by atoms with Gasteiger partial charge in [0.2, 0.25) is 0 Å². The first-order valence-corrected chi connectivity index (χ1v) is 5.46. The minimum atomic E-state index is 0.828. The molecule has 0 bridgehead atoms. The summed E-state index contributed by atoms with van der Waals surface area (Å²) in [5.41, 5.74) is 9.01. The van der Waals surface area contributed by atoms with E-state index in [4.69, 9.17) is 5.73 Å². The second-order valence-electron chi connectivity index (χ2n) is 3.10. The number of hydrogen-bond acceptors (Lipinski definition) is 1. The van der Waals surface area contributed by atoms with E-state index >= 15 is 0 Å². The molecule has 2 heteroatoms. The number of nitrogens with two attached hydrogens (primary N) is 1. The normalized spacial score (nSPS) is 10.1. The molecule has 0 aliphatic carbocycles. The van der Waals surface area contributed by atoms with Crippen LogP contribution in [0.15, 0.2) is 48.5 Å². The number of benzene rings is 2. The molecule has 0 atom stereocenters. The Kier molecular flexibility index (Phi) is 2.72. The number of anilines is 1. The maximum absolute atomic E-state index is 5.90. The highest BCUT2D eigenvalue weighted by Gasteiger charge is 2.00. The summed E-state index contributed by atoms with van der Waals surface area (Å²) in [4.78, 5) is 0. The fourth-order valence-corrected chi connectivity index (χ4v) is 1.96. The van der Waals surface area contributed by atoms with Gasteiger partial charge in [-0.2, -0.15) is 0 Å². The Hall–Kier alpha value is -1.03. The average Bonchev–Trinajstić information content (AvgIpc) is 2.18. The van der Waals surface area contributed by atoms with Crippen molar-refractivity contribution >= 4 is 28.3 Å². The summed E-state index contributed by atoms with van der Waals surface area (Å²) in [6, 6.07) is 16.3. The Morgan fingerprint density at radius 1 is 0.929 bits per heavy atom. The van der Waals surface area contributed by atoms with Crippen LogP contribution in [0, 0.1) is 3.57 Å². The summed E-state index contributed by atoms with van der Waals surface area (Å²) in [7, 11) is 0. The van der Waals surface area contributed by atoms with Gasteiger partial charge in [0.15, 0.2) is 0 Å². The van der Waals surface area contributed by atoms with Crippen LogP contribution in [0.1, 0.15) is 0 Å². The topological polar surface area (TPSA) is 26.0 Å². The number of rotatable bonds is 1. The molecule has 0 heterocycles. The molecule has 0 fully saturated rings. The van der Waals surface area contributed by atoms with Gasteiger partial charge >= 0.3 is 0 Å². The minimum Gasteiger partial charge on any atom is -0.398 e. The molecular weight excluding hydrogens is 285 g/mol. The van der Waals surface area contributed by atoms with Crippen LogP contribution in [0.5, 0.6) is 0 Å². The van der Waals surface area contributed by atoms with Gasteiger partial charge in [-0.15, -0.1) is 0 Å². The quantitative estimate of drug-likeness (QED) is 0.632. The summed E-state index contributed by atoms with van der Waals surface area (Å²) in [5, 5.41) is 0. The van der Waals surface area contributed by atoms with Gasteiger partial charge < -0.3 is 5.73 Å². The van der Waals surface area contributed by atoms with Crippen LogP contribution in [-0.4, -0.2) is 0 Å². The Labute approximate surface area is 97.1 Å². The van der Waals surface area contributed by atoms with Crippen LogP contribution < -0.4 is 5.73 Å². The number of hydrogen-bond donors (Lipinski definition) is 1. The van der Waals surface area contributed by atoms with Gasteiger partial charge in [0.25, 0.3) is 0 Å². The molecule has 0 aliphatic rings. The van der Waals surface area contributed by atoms with E-state index in [-0.39, 0.29) is 0 Å². The largest absolute Gasteiger partial charge is 0.398 e. The lowest BCUT2D eigenvalue weighted by molar-refractivity contribution is 1.58. The van der Waals surface area contributed by atoms with Gasteiger partial charge in [-0.05, 0) is 46.4 Å². The molecule has 14 heavy (non-hydrogen) atoms. The first-order chi connectivity index (χ1) is 6.77. The Bertz CT molecular complexity index is 452. The zero-order valence-corrected chi connectivity index (χ0v) is 9.73. The van der Waals surface area contributed by atoms with E-state index in [0.717, 1.165) is 11.3 Å². The molecule has 2 rings (SSSR count). The van der Waals surface area contributed by atoms with Crippen molar-refractivity contribution in [3.05, 3.63) is 52.1 Å². The highest BCUT2D eigenvalue weighted by molar-refractivity contribution is 14.1. The zero-order chi connectivity index (χ0) is 9.97. The highest BCUT2D eigenvalue weighted by atomic mass is 127. The van der Waals surface area contributed by atoms with E-state index in [2.05, 4.69) is 40.8 Å². The first-order valence-electron chi connectivity index (χ1n) is 4.38. The molecule has 0 radical (unpaired) electrons. The maximum Gasteiger partial charge on any atom is 0.0393 e. The molecule has 1 nitrogen and oxygen atoms in total. The third-order valence-corrected chi connectivity index (χ3v) is 2.77. The third-order valence-electron chi connectivity index (χ3n) is 2.10. The molecule has 0 aromatic heterocycles. The van der Waals surface area contributed by atoms with Gasteiger partial charge in [0.1, 0.15) is 0 Å². The van der Waals surface area contributed by atoms with Crippen molar-refractivity contribution in [1.29, 1.82) is 0 Å². The van der Waals surface area contributed by atoms with Crippen molar-refractivity contribution in [3.8, 4) is 11.1 Å². The van der Waals surface area contributed by atoms with Gasteiger partial charge in [0.05, 0.1) is 0 Å². The molecule has 0 unspecified atom stereocenters. The number of nitrogen functional groups attached to an aromatic ring is 1. The second-order valence-corrected chi connectivity index (χ2v) is 4.34. The van der Waals surface area contributed by atoms with Crippen LogP contribution in [-0.2, 0) is 0 Å². The van der Waals surface area contributed by atoms with Crippen LogP contribution >= 0.6 is 22.6 Å². The van der Waals surface area contributed by atoms with Gasteiger partial charge in [-0.3, -0.25) is 0 Å². The Morgan fingerprint density at radius 3 is 2.43 bits per heavy atom. The standard InChI is InChI=1S/C12H10IN/c13-10-5-3-4-9(8-10)11-6-1-2-7-12(11)14/h1-8H,14H2. The van der Waals surface area contributed by atoms with Crippen molar-refractivity contribution in [3.63, 3.8) is 0 Å². The third kappa shape index (κ3) is 1.90. The summed E-state index contributed by atoms with van der Waals surface area (Å²) in [5.74, 6) is 0. The summed E-state index contributed by atoms with van der Waals surface area (Å²) in [6.45, 7) is 0. The van der Waals surface area contributed by atoms with Crippen molar-refractivity contribution in [1.82, 2.24) is 0 Å². The SMILES string of the molecule is Nc1ccccc1-c1cccc(I)c1. The zero-order valence-electron chi connectivity index (χ0n) is 7.57. The fourth-order valence-electron chi connectivity index (χ4n) is 1.42. The average molecular weight is 295 g/mol. The molecule has 0 aliphatic heterocycles. The van der Waals surface area contributed by atoms with E-state index in [1.165, 1.54) is 9.13 Å². The fraction of sp³-hybridized carbons (Fsp3) is 0. The monoisotopic (exact) mass is 295 g/mol. The molecule has 0 saturated carbocycles. The van der Waals surface area contributed by atoms with Gasteiger partial charge in [-0.1, -0.05) is 30.3 Å². The van der Waals surface area contributed by atoms with E-state index in [9.17, 15) is 0 Å². The van der Waals surface area contributed by atoms with E-state index in [1.54, 1.807) is 0 Å². The Morgan fingerprint density at radius 2 is 1.71 bits per heavy atom. The molecule has 2 aromatic carbocycles. The minimum absolute atomic E-state index is 0.828. The highest BCUT2D eigenvalue weighted by Crippen LogP contribution is 2.26. The van der Waals surface area contributed by atoms with Crippen LogP contribution in [0.4, 0.5) is 5.69 Å². The number of para-hydroxylation sites is 1. The van der Waals surface area contributed by atoms with Crippen LogP contribution in [0.25, 0.3) is 11.1 Å². The Balaban J connectivity index is 2.55. The maximum atomic E-state index is 5.90. The smallest absolute Gasteiger partial charge is 0.0393 e. The van der Waals surface area contributed by atoms with Crippen LogP contribution in [0.2, 0.25) is 0 Å². The molecule has 0 amide bonds. The molecule has 2 aromatic rings. The second kappa shape index (κ2) is 4.00. The van der Waals surface area contributed by atoms with E-state index in [0.29, 0.717) is 0 Å². The van der Waals surface area contributed by atoms with Crippen molar-refractivity contribution < 1.29 is 0 Å². The molecular formula is C12H10IN. The number of halogens is 1.